The Labute approximate surface area is 91.5 Å². The highest BCUT2D eigenvalue weighted by Gasteiger charge is 2.28. The average molecular weight is 208 g/mol. The summed E-state index contributed by atoms with van der Waals surface area (Å²) in [4.78, 5) is 0. The van der Waals surface area contributed by atoms with E-state index in [0.29, 0.717) is 18.5 Å². The van der Waals surface area contributed by atoms with Crippen LogP contribution in [0.5, 0.6) is 0 Å². The third-order valence-corrected chi connectivity index (χ3v) is 3.92. The zero-order valence-electron chi connectivity index (χ0n) is 9.15. The first-order valence-electron chi connectivity index (χ1n) is 6.10. The molecule has 2 aliphatic rings. The summed E-state index contributed by atoms with van der Waals surface area (Å²) in [6.07, 6.45) is 6.57. The van der Waals surface area contributed by atoms with Gasteiger partial charge < -0.3 is 10.4 Å². The second kappa shape index (κ2) is 4.96. The second-order valence-corrected chi connectivity index (χ2v) is 5.00. The predicted octanol–water partition coefficient (Wildman–Crippen LogP) is 1.43. The zero-order chi connectivity index (χ0) is 10.7. The van der Waals surface area contributed by atoms with Gasteiger partial charge in [-0.25, -0.2) is 0 Å². The number of rotatable bonds is 4. The highest BCUT2D eigenvalue weighted by atomic mass is 16.3. The van der Waals surface area contributed by atoms with Crippen molar-refractivity contribution in [2.45, 2.75) is 50.7 Å². The van der Waals surface area contributed by atoms with E-state index in [1.807, 2.05) is 0 Å². The van der Waals surface area contributed by atoms with Crippen LogP contribution in [0.25, 0.3) is 0 Å². The first-order chi connectivity index (χ1) is 7.29. The summed E-state index contributed by atoms with van der Waals surface area (Å²) in [6.45, 7) is 0.716. The van der Waals surface area contributed by atoms with Gasteiger partial charge in [0.15, 0.2) is 0 Å². The maximum absolute atomic E-state index is 9.82. The predicted molar refractivity (Wildman–Crippen MR) is 58.1 cm³/mol. The van der Waals surface area contributed by atoms with Crippen LogP contribution in [-0.2, 0) is 0 Å². The van der Waals surface area contributed by atoms with Crippen LogP contribution < -0.4 is 5.32 Å². The minimum Gasteiger partial charge on any atom is -0.392 e. The molecule has 0 bridgehead atoms. The summed E-state index contributed by atoms with van der Waals surface area (Å²) in [5, 5.41) is 22.0. The number of nitriles is 1. The zero-order valence-corrected chi connectivity index (χ0v) is 9.15. The van der Waals surface area contributed by atoms with Crippen molar-refractivity contribution < 1.29 is 5.11 Å². The monoisotopic (exact) mass is 208 g/mol. The van der Waals surface area contributed by atoms with Crippen LogP contribution in [0.1, 0.15) is 38.5 Å². The Morgan fingerprint density at radius 1 is 1.33 bits per heavy atom. The molecule has 0 heterocycles. The highest BCUT2D eigenvalue weighted by molar-refractivity contribution is 4.93. The number of nitrogens with zero attached hydrogens (tertiary/aromatic N) is 1. The Kier molecular flexibility index (Phi) is 3.61. The fourth-order valence-corrected chi connectivity index (χ4v) is 2.56. The fourth-order valence-electron chi connectivity index (χ4n) is 2.56. The lowest BCUT2D eigenvalue weighted by Crippen LogP contribution is -2.39. The second-order valence-electron chi connectivity index (χ2n) is 5.00. The molecule has 2 fully saturated rings. The smallest absolute Gasteiger partial charge is 0.0692 e. The molecule has 0 aliphatic heterocycles. The molecule has 2 aliphatic carbocycles. The maximum Gasteiger partial charge on any atom is 0.0692 e. The van der Waals surface area contributed by atoms with Crippen LogP contribution in [0.4, 0.5) is 0 Å². The maximum atomic E-state index is 9.82. The van der Waals surface area contributed by atoms with Gasteiger partial charge in [-0.3, -0.25) is 0 Å². The van der Waals surface area contributed by atoms with Crippen LogP contribution in [0.2, 0.25) is 0 Å². The highest BCUT2D eigenvalue weighted by Crippen LogP contribution is 2.30. The lowest BCUT2D eigenvalue weighted by atomic mass is 9.81. The van der Waals surface area contributed by atoms with Gasteiger partial charge in [0.2, 0.25) is 0 Å². The Morgan fingerprint density at radius 2 is 2.13 bits per heavy atom. The van der Waals surface area contributed by atoms with Crippen molar-refractivity contribution in [3.8, 4) is 6.07 Å². The normalized spacial score (nSPS) is 33.3. The molecule has 0 aromatic rings. The number of aliphatic hydroxyl groups excluding tert-OH is 1. The Hall–Kier alpha value is -0.590. The molecule has 84 valence electrons. The van der Waals surface area contributed by atoms with Gasteiger partial charge in [0.25, 0.3) is 0 Å². The number of hydrogen-bond donors (Lipinski definition) is 2. The molecule has 0 saturated heterocycles. The van der Waals surface area contributed by atoms with Crippen LogP contribution in [0.15, 0.2) is 0 Å². The quantitative estimate of drug-likeness (QED) is 0.735. The van der Waals surface area contributed by atoms with Crippen molar-refractivity contribution in [2.75, 3.05) is 6.54 Å². The molecule has 0 aromatic carbocycles. The minimum absolute atomic E-state index is 0.167. The Bertz CT molecular complexity index is 244. The SMILES string of the molecule is N#CC1CCC(NCC(O)C2CCC2)C1. The van der Waals surface area contributed by atoms with E-state index in [9.17, 15) is 5.11 Å². The van der Waals surface area contributed by atoms with Gasteiger partial charge in [0, 0.05) is 18.5 Å². The number of aliphatic hydroxyl groups is 1. The molecule has 2 saturated carbocycles. The first-order valence-corrected chi connectivity index (χ1v) is 6.10. The molecular weight excluding hydrogens is 188 g/mol. The summed E-state index contributed by atoms with van der Waals surface area (Å²) in [7, 11) is 0. The van der Waals surface area contributed by atoms with Crippen LogP contribution in [-0.4, -0.2) is 23.8 Å². The van der Waals surface area contributed by atoms with Gasteiger partial charge in [0.05, 0.1) is 12.2 Å². The number of hydrogen-bond acceptors (Lipinski definition) is 3. The molecule has 2 N–H and O–H groups in total. The Morgan fingerprint density at radius 3 is 2.67 bits per heavy atom. The van der Waals surface area contributed by atoms with Gasteiger partial charge in [0.1, 0.15) is 0 Å². The topological polar surface area (TPSA) is 56.0 Å². The van der Waals surface area contributed by atoms with Crippen LogP contribution in [0.3, 0.4) is 0 Å². The summed E-state index contributed by atoms with van der Waals surface area (Å²) < 4.78 is 0. The van der Waals surface area contributed by atoms with Gasteiger partial charge >= 0.3 is 0 Å². The van der Waals surface area contributed by atoms with Crippen LogP contribution >= 0.6 is 0 Å². The summed E-state index contributed by atoms with van der Waals surface area (Å²) in [5.41, 5.74) is 0. The third-order valence-electron chi connectivity index (χ3n) is 3.92. The van der Waals surface area contributed by atoms with E-state index in [1.165, 1.54) is 19.3 Å². The lowest BCUT2D eigenvalue weighted by molar-refractivity contribution is 0.0602. The molecule has 0 amide bonds. The molecule has 0 radical (unpaired) electrons. The van der Waals surface area contributed by atoms with E-state index in [-0.39, 0.29) is 12.0 Å². The van der Waals surface area contributed by atoms with Gasteiger partial charge in [-0.15, -0.1) is 0 Å². The van der Waals surface area contributed by atoms with Crippen molar-refractivity contribution in [2.24, 2.45) is 11.8 Å². The first kappa shape index (κ1) is 10.9. The molecule has 3 heteroatoms. The van der Waals surface area contributed by atoms with Crippen molar-refractivity contribution in [3.63, 3.8) is 0 Å². The van der Waals surface area contributed by atoms with Gasteiger partial charge in [-0.05, 0) is 38.0 Å². The lowest BCUT2D eigenvalue weighted by Gasteiger charge is -2.31. The van der Waals surface area contributed by atoms with E-state index in [0.717, 1.165) is 19.3 Å². The third kappa shape index (κ3) is 2.70. The number of nitrogens with one attached hydrogen (secondary N) is 1. The summed E-state index contributed by atoms with van der Waals surface area (Å²) in [5.74, 6) is 0.772. The van der Waals surface area contributed by atoms with Gasteiger partial charge in [-0.1, -0.05) is 6.42 Å². The summed E-state index contributed by atoms with van der Waals surface area (Å²) >= 11 is 0. The minimum atomic E-state index is -0.167. The molecule has 15 heavy (non-hydrogen) atoms. The van der Waals surface area contributed by atoms with Crippen molar-refractivity contribution in [1.82, 2.24) is 5.32 Å². The van der Waals surface area contributed by atoms with E-state index in [2.05, 4.69) is 11.4 Å². The molecule has 3 atom stereocenters. The molecule has 3 unspecified atom stereocenters. The molecule has 2 rings (SSSR count). The Balaban J connectivity index is 1.63. The van der Waals surface area contributed by atoms with E-state index < -0.39 is 0 Å². The largest absolute Gasteiger partial charge is 0.392 e. The molecule has 0 spiro atoms. The van der Waals surface area contributed by atoms with E-state index >= 15 is 0 Å². The van der Waals surface area contributed by atoms with Crippen molar-refractivity contribution >= 4 is 0 Å². The van der Waals surface area contributed by atoms with Crippen molar-refractivity contribution in [3.05, 3.63) is 0 Å². The summed E-state index contributed by atoms with van der Waals surface area (Å²) in [6, 6.07) is 2.79. The molecule has 0 aromatic heterocycles. The molecule has 3 nitrogen and oxygen atoms in total. The van der Waals surface area contributed by atoms with E-state index in [4.69, 9.17) is 5.26 Å². The van der Waals surface area contributed by atoms with Crippen molar-refractivity contribution in [1.29, 1.82) is 5.26 Å². The average Bonchev–Trinajstić information content (AvgIpc) is 2.59. The standard InChI is InChI=1S/C12H20N2O/c13-7-9-4-5-11(6-9)14-8-12(15)10-2-1-3-10/h9-12,14-15H,1-6,8H2. The molecular formula is C12H20N2O. The van der Waals surface area contributed by atoms with E-state index in [1.54, 1.807) is 0 Å². The fraction of sp³-hybridized carbons (Fsp3) is 0.917. The van der Waals surface area contributed by atoms with Crippen LogP contribution in [0, 0.1) is 23.2 Å². The van der Waals surface area contributed by atoms with Gasteiger partial charge in [-0.2, -0.15) is 5.26 Å².